The van der Waals surface area contributed by atoms with Crippen LogP contribution in [0.2, 0.25) is 0 Å². The molecule has 0 bridgehead atoms. The van der Waals surface area contributed by atoms with E-state index in [0.717, 1.165) is 0 Å². The SMILES string of the molecule is COC(=O)COC(=O)C1=C(CSc2nnnn2C)CS[C@@H]2C(N)C(=O)N12. The Bertz CT molecular complexity index is 781. The second-order valence-electron chi connectivity index (χ2n) is 5.41. The number of aryl methyl sites for hydroxylation is 1. The molecular formula is C13H16N6O5S2. The summed E-state index contributed by atoms with van der Waals surface area (Å²) >= 11 is 2.80. The van der Waals surface area contributed by atoms with Gasteiger partial charge in [0.05, 0.1) is 7.11 Å². The molecule has 2 N–H and O–H groups in total. The van der Waals surface area contributed by atoms with Crippen molar-refractivity contribution in [3.8, 4) is 0 Å². The van der Waals surface area contributed by atoms with Crippen molar-refractivity contribution in [3.63, 3.8) is 0 Å². The monoisotopic (exact) mass is 400 g/mol. The fraction of sp³-hybridized carbons (Fsp3) is 0.538. The van der Waals surface area contributed by atoms with Crippen molar-refractivity contribution in [3.05, 3.63) is 11.3 Å². The van der Waals surface area contributed by atoms with E-state index in [4.69, 9.17) is 10.5 Å². The highest BCUT2D eigenvalue weighted by atomic mass is 32.2. The molecule has 0 radical (unpaired) electrons. The molecule has 0 saturated carbocycles. The van der Waals surface area contributed by atoms with Gasteiger partial charge < -0.3 is 15.2 Å². The maximum Gasteiger partial charge on any atom is 0.355 e. The van der Waals surface area contributed by atoms with E-state index in [1.54, 1.807) is 7.05 Å². The summed E-state index contributed by atoms with van der Waals surface area (Å²) in [6.07, 6.45) is 0. The minimum absolute atomic E-state index is 0.131. The lowest BCUT2D eigenvalue weighted by Crippen LogP contribution is -2.68. The molecule has 1 amide bonds. The van der Waals surface area contributed by atoms with Crippen molar-refractivity contribution in [1.29, 1.82) is 0 Å². The number of esters is 2. The van der Waals surface area contributed by atoms with Crippen LogP contribution in [0.4, 0.5) is 0 Å². The van der Waals surface area contributed by atoms with E-state index >= 15 is 0 Å². The van der Waals surface area contributed by atoms with Gasteiger partial charge in [-0.1, -0.05) is 11.8 Å². The van der Waals surface area contributed by atoms with Crippen LogP contribution in [-0.2, 0) is 30.9 Å². The summed E-state index contributed by atoms with van der Waals surface area (Å²) in [4.78, 5) is 37.2. The molecular weight excluding hydrogens is 384 g/mol. The van der Waals surface area contributed by atoms with Crippen LogP contribution in [0.25, 0.3) is 0 Å². The summed E-state index contributed by atoms with van der Waals surface area (Å²) < 4.78 is 11.0. The molecule has 3 rings (SSSR count). The zero-order valence-electron chi connectivity index (χ0n) is 13.9. The molecule has 13 heteroatoms. The molecule has 3 heterocycles. The van der Waals surface area contributed by atoms with E-state index in [9.17, 15) is 14.4 Å². The molecule has 0 aliphatic carbocycles. The lowest BCUT2D eigenvalue weighted by atomic mass is 10.0. The summed E-state index contributed by atoms with van der Waals surface area (Å²) in [5.41, 5.74) is 6.62. The van der Waals surface area contributed by atoms with Gasteiger partial charge >= 0.3 is 11.9 Å². The smallest absolute Gasteiger partial charge is 0.355 e. The van der Waals surface area contributed by atoms with Gasteiger partial charge in [0.15, 0.2) is 6.61 Å². The van der Waals surface area contributed by atoms with Crippen LogP contribution >= 0.6 is 23.5 Å². The first-order valence-corrected chi connectivity index (χ1v) is 9.48. The first-order valence-electron chi connectivity index (χ1n) is 7.45. The molecule has 1 aromatic rings. The van der Waals surface area contributed by atoms with Gasteiger partial charge in [-0.3, -0.25) is 9.69 Å². The van der Waals surface area contributed by atoms with Gasteiger partial charge in [-0.15, -0.1) is 16.9 Å². The molecule has 0 aromatic carbocycles. The Balaban J connectivity index is 1.81. The van der Waals surface area contributed by atoms with Crippen molar-refractivity contribution >= 4 is 41.4 Å². The van der Waals surface area contributed by atoms with Crippen molar-refractivity contribution in [1.82, 2.24) is 25.1 Å². The quantitative estimate of drug-likeness (QED) is 0.339. The van der Waals surface area contributed by atoms with E-state index in [-0.39, 0.29) is 17.0 Å². The molecule has 0 spiro atoms. The van der Waals surface area contributed by atoms with Gasteiger partial charge in [0.1, 0.15) is 17.1 Å². The molecule has 26 heavy (non-hydrogen) atoms. The lowest BCUT2D eigenvalue weighted by Gasteiger charge is -2.48. The number of β-lactam (4-membered cyclic amide) rings is 1. The highest BCUT2D eigenvalue weighted by Crippen LogP contribution is 2.40. The van der Waals surface area contributed by atoms with E-state index in [1.807, 2.05) is 0 Å². The zero-order valence-corrected chi connectivity index (χ0v) is 15.6. The number of ether oxygens (including phenoxy) is 2. The number of hydrogen-bond donors (Lipinski definition) is 1. The van der Waals surface area contributed by atoms with Crippen molar-refractivity contribution in [2.45, 2.75) is 16.6 Å². The largest absolute Gasteiger partial charge is 0.466 e. The van der Waals surface area contributed by atoms with Crippen molar-refractivity contribution < 1.29 is 23.9 Å². The van der Waals surface area contributed by atoms with Crippen LogP contribution in [0.5, 0.6) is 0 Å². The minimum Gasteiger partial charge on any atom is -0.466 e. The van der Waals surface area contributed by atoms with E-state index in [2.05, 4.69) is 20.3 Å². The third-order valence-electron chi connectivity index (χ3n) is 3.79. The normalized spacial score (nSPS) is 22.0. The van der Waals surface area contributed by atoms with Crippen LogP contribution in [0.15, 0.2) is 16.4 Å². The van der Waals surface area contributed by atoms with Crippen LogP contribution in [0.3, 0.4) is 0 Å². The number of carbonyl (C=O) groups excluding carboxylic acids is 3. The summed E-state index contributed by atoms with van der Waals surface area (Å²) in [6.45, 7) is -0.529. The Morgan fingerprint density at radius 3 is 2.88 bits per heavy atom. The third kappa shape index (κ3) is 3.41. The fourth-order valence-corrected chi connectivity index (χ4v) is 4.71. The van der Waals surface area contributed by atoms with E-state index < -0.39 is 24.6 Å². The number of nitrogens with two attached hydrogens (primary N) is 1. The number of hydrogen-bond acceptors (Lipinski definition) is 11. The van der Waals surface area contributed by atoms with Gasteiger partial charge in [0.2, 0.25) is 11.1 Å². The highest BCUT2D eigenvalue weighted by Gasteiger charge is 2.52. The average Bonchev–Trinajstić information content (AvgIpc) is 3.07. The number of nitrogens with zero attached hydrogens (tertiary/aromatic N) is 5. The Hall–Kier alpha value is -2.12. The van der Waals surface area contributed by atoms with Crippen molar-refractivity contribution in [2.24, 2.45) is 12.8 Å². The maximum absolute atomic E-state index is 12.5. The van der Waals surface area contributed by atoms with Crippen molar-refractivity contribution in [2.75, 3.05) is 25.2 Å². The summed E-state index contributed by atoms with van der Waals surface area (Å²) in [7, 11) is 2.89. The first kappa shape index (κ1) is 18.7. The molecule has 1 fully saturated rings. The number of amides is 1. The van der Waals surface area contributed by atoms with E-state index in [1.165, 1.54) is 40.2 Å². The number of tetrazole rings is 1. The third-order valence-corrected chi connectivity index (χ3v) is 6.24. The lowest BCUT2D eigenvalue weighted by molar-refractivity contribution is -0.158. The number of thioether (sulfide) groups is 2. The topological polar surface area (TPSA) is 143 Å². The Morgan fingerprint density at radius 2 is 2.23 bits per heavy atom. The van der Waals surface area contributed by atoms with Gasteiger partial charge in [-0.25, -0.2) is 14.3 Å². The first-order chi connectivity index (χ1) is 12.4. The molecule has 140 valence electrons. The predicted octanol–water partition coefficient (Wildman–Crippen LogP) is -1.49. The van der Waals surface area contributed by atoms with Crippen LogP contribution in [0, 0.1) is 0 Å². The maximum atomic E-state index is 12.5. The summed E-state index contributed by atoms with van der Waals surface area (Å²) in [6, 6.07) is -0.652. The second kappa shape index (κ2) is 7.63. The summed E-state index contributed by atoms with van der Waals surface area (Å²) in [5, 5.41) is 11.4. The van der Waals surface area contributed by atoms with Crippen LogP contribution < -0.4 is 5.73 Å². The molecule has 2 atom stereocenters. The minimum atomic E-state index is -0.757. The predicted molar refractivity (Wildman–Crippen MR) is 90.6 cm³/mol. The number of rotatable bonds is 6. The zero-order chi connectivity index (χ0) is 18.8. The summed E-state index contributed by atoms with van der Waals surface area (Å²) in [5.74, 6) is -0.908. The molecule has 1 saturated heterocycles. The van der Waals surface area contributed by atoms with Gasteiger partial charge in [-0.2, -0.15) is 0 Å². The standard InChI is InChI=1S/C13H16N6O5S2/c1-18-13(15-16-17-18)26-5-6-4-25-11-8(14)10(21)19(11)9(6)12(22)24-3-7(20)23-2/h8,11H,3-5,14H2,1-2H3/t8?,11-/m1/s1. The molecule has 1 aromatic heterocycles. The van der Waals surface area contributed by atoms with Gasteiger partial charge in [-0.05, 0) is 16.0 Å². The number of fused-ring (bicyclic) bond motifs is 1. The highest BCUT2D eigenvalue weighted by molar-refractivity contribution is 8.01. The number of methoxy groups -OCH3 is 1. The fourth-order valence-electron chi connectivity index (χ4n) is 2.43. The molecule has 2 aliphatic heterocycles. The average molecular weight is 400 g/mol. The molecule has 1 unspecified atom stereocenters. The number of aromatic nitrogens is 4. The van der Waals surface area contributed by atoms with Gasteiger partial charge in [0.25, 0.3) is 0 Å². The molecule has 11 nitrogen and oxygen atoms in total. The second-order valence-corrected chi connectivity index (χ2v) is 7.46. The van der Waals surface area contributed by atoms with Gasteiger partial charge in [0, 0.05) is 18.6 Å². The Kier molecular flexibility index (Phi) is 5.48. The Morgan fingerprint density at radius 1 is 1.46 bits per heavy atom. The number of carbonyl (C=O) groups is 3. The molecule has 2 aliphatic rings. The Labute approximate surface area is 156 Å². The van der Waals surface area contributed by atoms with E-state index in [0.29, 0.717) is 22.2 Å². The van der Waals surface area contributed by atoms with Crippen LogP contribution in [0.1, 0.15) is 0 Å². The van der Waals surface area contributed by atoms with Crippen LogP contribution in [-0.4, -0.2) is 79.6 Å².